The van der Waals surface area contributed by atoms with Gasteiger partial charge in [0.15, 0.2) is 0 Å². The highest BCUT2D eigenvalue weighted by Gasteiger charge is 2.19. The molecule has 0 fully saturated rings. The molecular formula is C15H28N4O. The van der Waals surface area contributed by atoms with Gasteiger partial charge in [-0.2, -0.15) is 5.10 Å². The van der Waals surface area contributed by atoms with Crippen LogP contribution in [-0.4, -0.2) is 27.3 Å². The summed E-state index contributed by atoms with van der Waals surface area (Å²) < 4.78 is 1.83. The van der Waals surface area contributed by atoms with Crippen LogP contribution in [0.3, 0.4) is 0 Å². The van der Waals surface area contributed by atoms with Crippen molar-refractivity contribution in [1.82, 2.24) is 20.4 Å². The molecule has 0 radical (unpaired) electrons. The SMILES string of the molecule is CC(NCc1cn(C)nc1C(C)C)C(=O)NC(C)(C)C. The molecule has 0 spiro atoms. The molecule has 1 atom stereocenters. The highest BCUT2D eigenvalue weighted by atomic mass is 16.2. The van der Waals surface area contributed by atoms with E-state index in [9.17, 15) is 4.79 Å². The number of rotatable bonds is 5. The van der Waals surface area contributed by atoms with Gasteiger partial charge in [0.1, 0.15) is 0 Å². The van der Waals surface area contributed by atoms with E-state index in [2.05, 4.69) is 29.6 Å². The second-order valence-corrected chi connectivity index (χ2v) is 6.71. The summed E-state index contributed by atoms with van der Waals surface area (Å²) in [5.74, 6) is 0.402. The van der Waals surface area contributed by atoms with Crippen LogP contribution in [0.2, 0.25) is 0 Å². The number of nitrogens with one attached hydrogen (secondary N) is 2. The number of nitrogens with zero attached hydrogens (tertiary/aromatic N) is 2. The topological polar surface area (TPSA) is 59.0 Å². The zero-order chi connectivity index (χ0) is 15.5. The molecule has 20 heavy (non-hydrogen) atoms. The van der Waals surface area contributed by atoms with Gasteiger partial charge >= 0.3 is 0 Å². The molecule has 114 valence electrons. The van der Waals surface area contributed by atoms with Gasteiger partial charge in [-0.1, -0.05) is 13.8 Å². The molecule has 1 aromatic rings. The van der Waals surface area contributed by atoms with Gasteiger partial charge in [-0.15, -0.1) is 0 Å². The molecule has 0 aliphatic rings. The lowest BCUT2D eigenvalue weighted by atomic mass is 10.1. The highest BCUT2D eigenvalue weighted by Crippen LogP contribution is 2.17. The maximum Gasteiger partial charge on any atom is 0.237 e. The third-order valence-electron chi connectivity index (χ3n) is 2.97. The zero-order valence-corrected chi connectivity index (χ0v) is 13.7. The number of aryl methyl sites for hydroxylation is 1. The molecule has 1 aromatic heterocycles. The fourth-order valence-electron chi connectivity index (χ4n) is 2.01. The van der Waals surface area contributed by atoms with E-state index in [1.807, 2.05) is 45.6 Å². The summed E-state index contributed by atoms with van der Waals surface area (Å²) >= 11 is 0. The molecule has 1 heterocycles. The standard InChI is InChI=1S/C15H28N4O/c1-10(2)13-12(9-19(7)18-13)8-16-11(3)14(20)17-15(4,5)6/h9-11,16H,8H2,1-7H3,(H,17,20). The van der Waals surface area contributed by atoms with E-state index >= 15 is 0 Å². The first kappa shape index (κ1) is 16.7. The van der Waals surface area contributed by atoms with Crippen LogP contribution in [0.5, 0.6) is 0 Å². The largest absolute Gasteiger partial charge is 0.350 e. The number of carbonyl (C=O) groups is 1. The fourth-order valence-corrected chi connectivity index (χ4v) is 2.01. The molecule has 0 saturated carbocycles. The van der Waals surface area contributed by atoms with Crippen molar-refractivity contribution >= 4 is 5.91 Å². The first-order chi connectivity index (χ1) is 9.10. The van der Waals surface area contributed by atoms with E-state index in [1.54, 1.807) is 0 Å². The Hall–Kier alpha value is -1.36. The van der Waals surface area contributed by atoms with Gasteiger partial charge in [0.05, 0.1) is 11.7 Å². The second kappa shape index (κ2) is 6.39. The van der Waals surface area contributed by atoms with E-state index < -0.39 is 0 Å². The van der Waals surface area contributed by atoms with Crippen LogP contribution in [0, 0.1) is 0 Å². The molecule has 2 N–H and O–H groups in total. The van der Waals surface area contributed by atoms with E-state index in [-0.39, 0.29) is 17.5 Å². The maximum atomic E-state index is 12.0. The molecular weight excluding hydrogens is 252 g/mol. The van der Waals surface area contributed by atoms with E-state index in [4.69, 9.17) is 0 Å². The van der Waals surface area contributed by atoms with Gasteiger partial charge in [0, 0.05) is 30.9 Å². The molecule has 0 aliphatic carbocycles. The van der Waals surface area contributed by atoms with Crippen LogP contribution >= 0.6 is 0 Å². The van der Waals surface area contributed by atoms with Crippen LogP contribution in [-0.2, 0) is 18.4 Å². The zero-order valence-electron chi connectivity index (χ0n) is 13.7. The fraction of sp³-hybridized carbons (Fsp3) is 0.733. The Morgan fingerprint density at radius 3 is 2.45 bits per heavy atom. The van der Waals surface area contributed by atoms with Crippen molar-refractivity contribution in [3.05, 3.63) is 17.5 Å². The Labute approximate surface area is 122 Å². The first-order valence-corrected chi connectivity index (χ1v) is 7.18. The summed E-state index contributed by atoms with van der Waals surface area (Å²) in [6.07, 6.45) is 2.01. The summed E-state index contributed by atoms with van der Waals surface area (Å²) in [4.78, 5) is 12.0. The van der Waals surface area contributed by atoms with E-state index in [0.29, 0.717) is 12.5 Å². The van der Waals surface area contributed by atoms with Crippen molar-refractivity contribution in [2.75, 3.05) is 0 Å². The molecule has 1 amide bonds. The lowest BCUT2D eigenvalue weighted by Gasteiger charge is -2.23. The summed E-state index contributed by atoms with van der Waals surface area (Å²) in [6.45, 7) is 12.7. The molecule has 5 nitrogen and oxygen atoms in total. The maximum absolute atomic E-state index is 12.0. The lowest BCUT2D eigenvalue weighted by Crippen LogP contribution is -2.49. The number of carbonyl (C=O) groups excluding carboxylic acids is 1. The second-order valence-electron chi connectivity index (χ2n) is 6.71. The molecule has 0 saturated heterocycles. The minimum absolute atomic E-state index is 0.0208. The summed E-state index contributed by atoms with van der Waals surface area (Å²) in [5.41, 5.74) is 2.03. The normalized spacial score (nSPS) is 13.6. The van der Waals surface area contributed by atoms with Crippen molar-refractivity contribution in [3.8, 4) is 0 Å². The Bertz CT molecular complexity index is 457. The third kappa shape index (κ3) is 4.96. The summed E-state index contributed by atoms with van der Waals surface area (Å²) in [7, 11) is 1.92. The van der Waals surface area contributed by atoms with Crippen LogP contribution in [0.4, 0.5) is 0 Å². The monoisotopic (exact) mass is 280 g/mol. The van der Waals surface area contributed by atoms with Crippen molar-refractivity contribution in [1.29, 1.82) is 0 Å². The van der Waals surface area contributed by atoms with E-state index in [1.165, 1.54) is 0 Å². The van der Waals surface area contributed by atoms with Gasteiger partial charge in [-0.25, -0.2) is 0 Å². The van der Waals surface area contributed by atoms with Crippen molar-refractivity contribution in [2.24, 2.45) is 7.05 Å². The highest BCUT2D eigenvalue weighted by molar-refractivity contribution is 5.81. The van der Waals surface area contributed by atoms with Gasteiger partial charge in [0.2, 0.25) is 5.91 Å². The Morgan fingerprint density at radius 1 is 1.35 bits per heavy atom. The Kier molecular flexibility index (Phi) is 5.34. The molecule has 1 rings (SSSR count). The molecule has 5 heteroatoms. The number of aromatic nitrogens is 2. The summed E-state index contributed by atoms with van der Waals surface area (Å²) in [6, 6.07) is -0.227. The Balaban J connectivity index is 2.61. The minimum Gasteiger partial charge on any atom is -0.350 e. The van der Waals surface area contributed by atoms with Crippen molar-refractivity contribution < 1.29 is 4.79 Å². The third-order valence-corrected chi connectivity index (χ3v) is 2.97. The molecule has 0 bridgehead atoms. The first-order valence-electron chi connectivity index (χ1n) is 7.18. The summed E-state index contributed by atoms with van der Waals surface area (Å²) in [5, 5.41) is 10.7. The Morgan fingerprint density at radius 2 is 1.95 bits per heavy atom. The number of hydrogen-bond acceptors (Lipinski definition) is 3. The lowest BCUT2D eigenvalue weighted by molar-refractivity contribution is -0.124. The van der Waals surface area contributed by atoms with Gasteiger partial charge in [-0.3, -0.25) is 9.48 Å². The number of hydrogen-bond donors (Lipinski definition) is 2. The minimum atomic E-state index is -0.227. The molecule has 0 aliphatic heterocycles. The van der Waals surface area contributed by atoms with Crippen LogP contribution in [0.15, 0.2) is 6.20 Å². The van der Waals surface area contributed by atoms with Crippen LogP contribution in [0.25, 0.3) is 0 Å². The number of amides is 1. The van der Waals surface area contributed by atoms with Gasteiger partial charge < -0.3 is 10.6 Å². The van der Waals surface area contributed by atoms with E-state index in [0.717, 1.165) is 11.3 Å². The smallest absolute Gasteiger partial charge is 0.237 e. The van der Waals surface area contributed by atoms with Gasteiger partial charge in [-0.05, 0) is 33.6 Å². The average Bonchev–Trinajstić information content (AvgIpc) is 2.65. The molecule has 1 unspecified atom stereocenters. The van der Waals surface area contributed by atoms with Crippen molar-refractivity contribution in [3.63, 3.8) is 0 Å². The average molecular weight is 280 g/mol. The quantitative estimate of drug-likeness (QED) is 0.866. The predicted octanol–water partition coefficient (Wildman–Crippen LogP) is 1.94. The van der Waals surface area contributed by atoms with Crippen LogP contribution < -0.4 is 10.6 Å². The van der Waals surface area contributed by atoms with Gasteiger partial charge in [0.25, 0.3) is 0 Å². The van der Waals surface area contributed by atoms with Crippen LogP contribution in [0.1, 0.15) is 58.7 Å². The van der Waals surface area contributed by atoms with Crippen molar-refractivity contribution in [2.45, 2.75) is 65.6 Å². The molecule has 0 aromatic carbocycles. The predicted molar refractivity (Wildman–Crippen MR) is 81.5 cm³/mol.